The van der Waals surface area contributed by atoms with Crippen LogP contribution in [0, 0.1) is 0 Å². The fourth-order valence-electron chi connectivity index (χ4n) is 4.11. The highest BCUT2D eigenvalue weighted by atomic mass is 127. The highest BCUT2D eigenvalue weighted by molar-refractivity contribution is 14.0. The first-order chi connectivity index (χ1) is 15.0. The summed E-state index contributed by atoms with van der Waals surface area (Å²) in [7, 11) is 2.20. The SMILES string of the molecule is CCNC(=NCc1ccc(CN2CCN(C)CC2)cc1)NCC(C)(C)N1CCOCC1.I. The largest absolute Gasteiger partial charge is 0.379 e. The minimum atomic E-state index is 0. The van der Waals surface area contributed by atoms with Gasteiger partial charge in [0.1, 0.15) is 0 Å². The quantitative estimate of drug-likeness (QED) is 0.290. The highest BCUT2D eigenvalue weighted by Crippen LogP contribution is 2.15. The maximum atomic E-state index is 5.50. The molecule has 8 heteroatoms. The van der Waals surface area contributed by atoms with E-state index in [9.17, 15) is 0 Å². The third kappa shape index (κ3) is 8.78. The average molecular weight is 559 g/mol. The second kappa shape index (κ2) is 13.7. The summed E-state index contributed by atoms with van der Waals surface area (Å²) in [4.78, 5) is 12.2. The maximum absolute atomic E-state index is 5.50. The monoisotopic (exact) mass is 558 g/mol. The summed E-state index contributed by atoms with van der Waals surface area (Å²) < 4.78 is 5.50. The van der Waals surface area contributed by atoms with Gasteiger partial charge in [-0.1, -0.05) is 24.3 Å². The molecule has 0 atom stereocenters. The van der Waals surface area contributed by atoms with Crippen LogP contribution in [-0.2, 0) is 17.8 Å². The maximum Gasteiger partial charge on any atom is 0.191 e. The van der Waals surface area contributed by atoms with Crippen molar-refractivity contribution in [1.29, 1.82) is 0 Å². The van der Waals surface area contributed by atoms with Gasteiger partial charge in [0.2, 0.25) is 0 Å². The van der Waals surface area contributed by atoms with Crippen LogP contribution in [0.25, 0.3) is 0 Å². The zero-order chi connectivity index (χ0) is 22.1. The normalized spacial score (nSPS) is 19.4. The average Bonchev–Trinajstić information content (AvgIpc) is 2.79. The molecule has 2 heterocycles. The molecule has 0 spiro atoms. The molecular weight excluding hydrogens is 515 g/mol. The second-order valence-corrected chi connectivity index (χ2v) is 9.36. The molecule has 0 aromatic heterocycles. The molecule has 7 nitrogen and oxygen atoms in total. The van der Waals surface area contributed by atoms with Crippen LogP contribution in [0.3, 0.4) is 0 Å². The number of piperazine rings is 1. The zero-order valence-electron chi connectivity index (χ0n) is 20.4. The molecular formula is C24H43IN6O. The van der Waals surface area contributed by atoms with Gasteiger partial charge in [-0.05, 0) is 38.9 Å². The molecule has 0 unspecified atom stereocenters. The summed E-state index contributed by atoms with van der Waals surface area (Å²) in [5, 5.41) is 6.93. The van der Waals surface area contributed by atoms with Gasteiger partial charge in [0.15, 0.2) is 5.96 Å². The van der Waals surface area contributed by atoms with Crippen LogP contribution in [0.15, 0.2) is 29.3 Å². The lowest BCUT2D eigenvalue weighted by atomic mass is 10.0. The van der Waals surface area contributed by atoms with Crippen molar-refractivity contribution in [3.8, 4) is 0 Å². The van der Waals surface area contributed by atoms with E-state index in [1.54, 1.807) is 0 Å². The van der Waals surface area contributed by atoms with Crippen molar-refractivity contribution >= 4 is 29.9 Å². The number of nitrogens with one attached hydrogen (secondary N) is 2. The summed E-state index contributed by atoms with van der Waals surface area (Å²) in [6.45, 7) is 18.4. The molecule has 182 valence electrons. The van der Waals surface area contributed by atoms with Crippen molar-refractivity contribution < 1.29 is 4.74 Å². The van der Waals surface area contributed by atoms with E-state index in [0.717, 1.165) is 78.1 Å². The lowest BCUT2D eigenvalue weighted by Crippen LogP contribution is -2.56. The number of morpholine rings is 1. The first kappa shape index (κ1) is 27.3. The van der Waals surface area contributed by atoms with Gasteiger partial charge in [0.05, 0.1) is 19.8 Å². The molecule has 0 radical (unpaired) electrons. The third-order valence-electron chi connectivity index (χ3n) is 6.34. The molecule has 1 aromatic carbocycles. The predicted octanol–water partition coefficient (Wildman–Crippen LogP) is 2.22. The second-order valence-electron chi connectivity index (χ2n) is 9.36. The molecule has 2 fully saturated rings. The third-order valence-corrected chi connectivity index (χ3v) is 6.34. The zero-order valence-corrected chi connectivity index (χ0v) is 22.7. The fourth-order valence-corrected chi connectivity index (χ4v) is 4.11. The summed E-state index contributed by atoms with van der Waals surface area (Å²) in [5.74, 6) is 0.880. The Labute approximate surface area is 212 Å². The van der Waals surface area contributed by atoms with Crippen molar-refractivity contribution in [3.63, 3.8) is 0 Å². The minimum absolute atomic E-state index is 0. The van der Waals surface area contributed by atoms with Crippen molar-refractivity contribution in [2.75, 3.05) is 72.6 Å². The Morgan fingerprint density at radius 3 is 2.22 bits per heavy atom. The Kier molecular flexibility index (Phi) is 11.7. The van der Waals surface area contributed by atoms with E-state index in [4.69, 9.17) is 9.73 Å². The van der Waals surface area contributed by atoms with Crippen LogP contribution >= 0.6 is 24.0 Å². The van der Waals surface area contributed by atoms with Crippen LogP contribution in [0.2, 0.25) is 0 Å². The lowest BCUT2D eigenvalue weighted by Gasteiger charge is -2.41. The number of rotatable bonds is 8. The van der Waals surface area contributed by atoms with Gasteiger partial charge in [0, 0.05) is 64.4 Å². The van der Waals surface area contributed by atoms with E-state index < -0.39 is 0 Å². The van der Waals surface area contributed by atoms with Gasteiger partial charge in [-0.2, -0.15) is 0 Å². The Balaban J connectivity index is 0.00000363. The van der Waals surface area contributed by atoms with Crippen LogP contribution < -0.4 is 10.6 Å². The van der Waals surface area contributed by atoms with Gasteiger partial charge in [-0.25, -0.2) is 4.99 Å². The van der Waals surface area contributed by atoms with Gasteiger partial charge in [0.25, 0.3) is 0 Å². The first-order valence-electron chi connectivity index (χ1n) is 11.8. The summed E-state index contributed by atoms with van der Waals surface area (Å²) in [6, 6.07) is 8.95. The summed E-state index contributed by atoms with van der Waals surface area (Å²) in [5.41, 5.74) is 2.69. The Morgan fingerprint density at radius 1 is 0.969 bits per heavy atom. The molecule has 0 bridgehead atoms. The van der Waals surface area contributed by atoms with E-state index in [2.05, 4.69) is 77.4 Å². The van der Waals surface area contributed by atoms with Crippen molar-refractivity contribution in [2.24, 2.45) is 4.99 Å². The van der Waals surface area contributed by atoms with Crippen molar-refractivity contribution in [3.05, 3.63) is 35.4 Å². The number of hydrogen-bond acceptors (Lipinski definition) is 5. The van der Waals surface area contributed by atoms with Crippen molar-refractivity contribution in [2.45, 2.75) is 39.4 Å². The first-order valence-corrected chi connectivity index (χ1v) is 11.8. The van der Waals surface area contributed by atoms with Crippen LogP contribution in [0.4, 0.5) is 0 Å². The topological polar surface area (TPSA) is 55.4 Å². The Morgan fingerprint density at radius 2 is 1.59 bits per heavy atom. The van der Waals surface area contributed by atoms with Crippen LogP contribution in [-0.4, -0.2) is 98.8 Å². The number of halogens is 1. The van der Waals surface area contributed by atoms with Crippen LogP contribution in [0.1, 0.15) is 31.9 Å². The number of likely N-dealkylation sites (N-methyl/N-ethyl adjacent to an activating group) is 1. The standard InChI is InChI=1S/C24H42N6O.HI/c1-5-25-23(27-20-24(2,3)30-14-16-31-17-15-30)26-18-21-6-8-22(9-7-21)19-29-12-10-28(4)11-13-29;/h6-9H,5,10-20H2,1-4H3,(H2,25,26,27);1H. The van der Waals surface area contributed by atoms with E-state index in [1.807, 2.05) is 0 Å². The fraction of sp³-hybridized carbons (Fsp3) is 0.708. The van der Waals surface area contributed by atoms with Gasteiger partial charge in [-0.15, -0.1) is 24.0 Å². The predicted molar refractivity (Wildman–Crippen MR) is 144 cm³/mol. The number of aliphatic imine (C=N–C) groups is 1. The van der Waals surface area contributed by atoms with E-state index in [0.29, 0.717) is 6.54 Å². The van der Waals surface area contributed by atoms with Crippen molar-refractivity contribution in [1.82, 2.24) is 25.3 Å². The molecule has 2 saturated heterocycles. The molecule has 1 aromatic rings. The number of guanidine groups is 1. The van der Waals surface area contributed by atoms with E-state index >= 15 is 0 Å². The Bertz CT molecular complexity index is 682. The minimum Gasteiger partial charge on any atom is -0.379 e. The number of nitrogens with zero attached hydrogens (tertiary/aromatic N) is 4. The smallest absolute Gasteiger partial charge is 0.191 e. The lowest BCUT2D eigenvalue weighted by molar-refractivity contribution is -0.00834. The van der Waals surface area contributed by atoms with Crippen LogP contribution in [0.5, 0.6) is 0 Å². The van der Waals surface area contributed by atoms with Gasteiger partial charge < -0.3 is 20.3 Å². The molecule has 2 aliphatic rings. The molecule has 2 N–H and O–H groups in total. The van der Waals surface area contributed by atoms with E-state index in [1.165, 1.54) is 11.1 Å². The molecule has 32 heavy (non-hydrogen) atoms. The van der Waals surface area contributed by atoms with Gasteiger partial charge in [-0.3, -0.25) is 9.80 Å². The molecule has 0 aliphatic carbocycles. The number of ether oxygens (including phenoxy) is 1. The van der Waals surface area contributed by atoms with Gasteiger partial charge >= 0.3 is 0 Å². The molecule has 0 saturated carbocycles. The summed E-state index contributed by atoms with van der Waals surface area (Å²) >= 11 is 0. The molecule has 2 aliphatic heterocycles. The van der Waals surface area contributed by atoms with E-state index in [-0.39, 0.29) is 29.5 Å². The molecule has 0 amide bonds. The Hall–Kier alpha value is -0.940. The number of hydrogen-bond donors (Lipinski definition) is 2. The number of benzene rings is 1. The highest BCUT2D eigenvalue weighted by Gasteiger charge is 2.28. The molecule has 3 rings (SSSR count). The summed E-state index contributed by atoms with van der Waals surface area (Å²) in [6.07, 6.45) is 0.